The second-order valence-electron chi connectivity index (χ2n) is 3.01. The Hall–Kier alpha value is 0.210. The maximum Gasteiger partial charge on any atom is 0.0852 e. The van der Waals surface area contributed by atoms with Crippen molar-refractivity contribution < 1.29 is 9.84 Å². The fraction of sp³-hybridized carbons (Fsp3) is 1.00. The second kappa shape index (κ2) is 4.16. The zero-order valence-electron chi connectivity index (χ0n) is 6.30. The van der Waals surface area contributed by atoms with Crippen LogP contribution in [0.4, 0.5) is 0 Å². The number of aliphatic hydroxyl groups is 1. The molecule has 1 aliphatic heterocycles. The van der Waals surface area contributed by atoms with Gasteiger partial charge in [0.1, 0.15) is 0 Å². The summed E-state index contributed by atoms with van der Waals surface area (Å²) >= 11 is 0. The lowest BCUT2D eigenvalue weighted by atomic mass is 10.0. The monoisotopic (exact) mass is 166 g/mol. The van der Waals surface area contributed by atoms with Gasteiger partial charge in [0.25, 0.3) is 0 Å². The summed E-state index contributed by atoms with van der Waals surface area (Å²) in [6, 6.07) is 0. The van der Waals surface area contributed by atoms with Gasteiger partial charge in [-0.15, -0.1) is 12.4 Å². The van der Waals surface area contributed by atoms with Gasteiger partial charge in [0.2, 0.25) is 0 Å². The second-order valence-corrected chi connectivity index (χ2v) is 3.01. The molecule has 0 radical (unpaired) electrons. The van der Waals surface area contributed by atoms with Crippen LogP contribution in [0.1, 0.15) is 26.2 Å². The molecule has 3 heteroatoms. The molecule has 1 fully saturated rings. The van der Waals surface area contributed by atoms with Gasteiger partial charge in [-0.25, -0.2) is 0 Å². The highest BCUT2D eigenvalue weighted by molar-refractivity contribution is 5.85. The molecule has 10 heavy (non-hydrogen) atoms. The first-order valence-corrected chi connectivity index (χ1v) is 3.51. The van der Waals surface area contributed by atoms with E-state index in [0.717, 1.165) is 25.9 Å². The third-order valence-electron chi connectivity index (χ3n) is 1.67. The highest BCUT2D eigenvalue weighted by atomic mass is 35.5. The lowest BCUT2D eigenvalue weighted by Gasteiger charge is -2.18. The maximum absolute atomic E-state index is 9.43. The van der Waals surface area contributed by atoms with Gasteiger partial charge >= 0.3 is 0 Å². The number of hydrogen-bond donors (Lipinski definition) is 1. The van der Waals surface area contributed by atoms with E-state index in [2.05, 4.69) is 0 Å². The minimum atomic E-state index is -0.559. The third kappa shape index (κ3) is 3.40. The summed E-state index contributed by atoms with van der Waals surface area (Å²) in [5, 5.41) is 9.43. The average Bonchev–Trinajstić information content (AvgIpc) is 1.92. The molecule has 0 saturated carbocycles. The molecule has 0 aromatic heterocycles. The molecule has 2 nitrogen and oxygen atoms in total. The van der Waals surface area contributed by atoms with Crippen LogP contribution in [0.2, 0.25) is 0 Å². The highest BCUT2D eigenvalue weighted by Gasteiger charge is 2.21. The Morgan fingerprint density at radius 1 is 1.40 bits per heavy atom. The van der Waals surface area contributed by atoms with Crippen LogP contribution in [-0.4, -0.2) is 23.9 Å². The van der Waals surface area contributed by atoms with E-state index < -0.39 is 5.60 Å². The van der Waals surface area contributed by atoms with Crippen LogP contribution >= 0.6 is 12.4 Å². The third-order valence-corrected chi connectivity index (χ3v) is 1.67. The van der Waals surface area contributed by atoms with Gasteiger partial charge in [-0.1, -0.05) is 0 Å². The van der Waals surface area contributed by atoms with E-state index in [1.54, 1.807) is 0 Å². The van der Waals surface area contributed by atoms with Crippen molar-refractivity contribution in [2.75, 3.05) is 13.2 Å². The molecule has 0 aromatic rings. The first-order valence-electron chi connectivity index (χ1n) is 3.51. The van der Waals surface area contributed by atoms with Gasteiger partial charge in [-0.05, 0) is 26.2 Å². The van der Waals surface area contributed by atoms with E-state index in [9.17, 15) is 5.11 Å². The van der Waals surface area contributed by atoms with Crippen LogP contribution < -0.4 is 0 Å². The summed E-state index contributed by atoms with van der Waals surface area (Å²) in [5.74, 6) is 0. The van der Waals surface area contributed by atoms with Crippen molar-refractivity contribution in [3.05, 3.63) is 0 Å². The minimum Gasteiger partial charge on any atom is -0.388 e. The van der Waals surface area contributed by atoms with Crippen LogP contribution in [0.15, 0.2) is 0 Å². The first kappa shape index (κ1) is 10.2. The van der Waals surface area contributed by atoms with Crippen LogP contribution in [0.3, 0.4) is 0 Å². The van der Waals surface area contributed by atoms with Crippen molar-refractivity contribution in [1.29, 1.82) is 0 Å². The maximum atomic E-state index is 9.43. The molecule has 1 aliphatic rings. The van der Waals surface area contributed by atoms with Crippen molar-refractivity contribution in [3.8, 4) is 0 Å². The lowest BCUT2D eigenvalue weighted by molar-refractivity contribution is -0.0229. The SMILES string of the molecule is CC1(O)CCCCOC1.Cl. The Kier molecular flexibility index (Phi) is 4.25. The fourth-order valence-electron chi connectivity index (χ4n) is 1.07. The summed E-state index contributed by atoms with van der Waals surface area (Å²) in [4.78, 5) is 0. The summed E-state index contributed by atoms with van der Waals surface area (Å²) < 4.78 is 5.16. The van der Waals surface area contributed by atoms with Gasteiger partial charge < -0.3 is 9.84 Å². The molecule has 0 aromatic carbocycles. The predicted molar refractivity (Wildman–Crippen MR) is 42.5 cm³/mol. The van der Waals surface area contributed by atoms with Crippen molar-refractivity contribution in [2.45, 2.75) is 31.8 Å². The molecular weight excluding hydrogens is 152 g/mol. The Balaban J connectivity index is 0.000000810. The summed E-state index contributed by atoms with van der Waals surface area (Å²) in [6.45, 7) is 3.15. The van der Waals surface area contributed by atoms with E-state index in [-0.39, 0.29) is 12.4 Å². The van der Waals surface area contributed by atoms with Crippen molar-refractivity contribution >= 4 is 12.4 Å². The standard InChI is InChI=1S/C7H14O2.ClH/c1-7(8)4-2-3-5-9-6-7;/h8H,2-6H2,1H3;1H. The van der Waals surface area contributed by atoms with E-state index in [0.29, 0.717) is 6.61 Å². The first-order chi connectivity index (χ1) is 4.21. The van der Waals surface area contributed by atoms with E-state index in [1.165, 1.54) is 0 Å². The van der Waals surface area contributed by atoms with Crippen molar-refractivity contribution in [3.63, 3.8) is 0 Å². The molecule has 1 N–H and O–H groups in total. The Bertz CT molecular complexity index is 83.6. The molecule has 1 saturated heterocycles. The highest BCUT2D eigenvalue weighted by Crippen LogP contribution is 2.17. The normalized spacial score (nSPS) is 34.2. The Morgan fingerprint density at radius 2 is 2.10 bits per heavy atom. The number of hydrogen-bond acceptors (Lipinski definition) is 2. The summed E-state index contributed by atoms with van der Waals surface area (Å²) in [7, 11) is 0. The van der Waals surface area contributed by atoms with E-state index >= 15 is 0 Å². The molecular formula is C7H15ClO2. The molecule has 62 valence electrons. The number of rotatable bonds is 0. The van der Waals surface area contributed by atoms with Gasteiger partial charge in [0, 0.05) is 6.61 Å². The summed E-state index contributed by atoms with van der Waals surface area (Å²) in [6.07, 6.45) is 3.07. The van der Waals surface area contributed by atoms with Crippen molar-refractivity contribution in [2.24, 2.45) is 0 Å². The Labute approximate surface area is 68.0 Å². The molecule has 1 atom stereocenters. The van der Waals surface area contributed by atoms with E-state index in [4.69, 9.17) is 4.74 Å². The number of ether oxygens (including phenoxy) is 1. The topological polar surface area (TPSA) is 29.5 Å². The van der Waals surface area contributed by atoms with Crippen LogP contribution in [-0.2, 0) is 4.74 Å². The average molecular weight is 167 g/mol. The molecule has 1 heterocycles. The Morgan fingerprint density at radius 3 is 2.80 bits per heavy atom. The largest absolute Gasteiger partial charge is 0.388 e. The van der Waals surface area contributed by atoms with Crippen LogP contribution in [0.25, 0.3) is 0 Å². The zero-order valence-corrected chi connectivity index (χ0v) is 7.12. The smallest absolute Gasteiger partial charge is 0.0852 e. The van der Waals surface area contributed by atoms with Crippen LogP contribution in [0.5, 0.6) is 0 Å². The molecule has 1 unspecified atom stereocenters. The lowest BCUT2D eigenvalue weighted by Crippen LogP contribution is -2.28. The van der Waals surface area contributed by atoms with Gasteiger partial charge in [0.15, 0.2) is 0 Å². The van der Waals surface area contributed by atoms with Gasteiger partial charge in [-0.3, -0.25) is 0 Å². The summed E-state index contributed by atoms with van der Waals surface area (Å²) in [5.41, 5.74) is -0.559. The van der Waals surface area contributed by atoms with E-state index in [1.807, 2.05) is 6.92 Å². The predicted octanol–water partition coefficient (Wildman–Crippen LogP) is 1.36. The quantitative estimate of drug-likeness (QED) is 0.589. The van der Waals surface area contributed by atoms with Gasteiger partial charge in [0.05, 0.1) is 12.2 Å². The molecule has 0 bridgehead atoms. The fourth-order valence-corrected chi connectivity index (χ4v) is 1.07. The number of halogens is 1. The molecule has 0 spiro atoms. The molecule has 0 amide bonds. The minimum absolute atomic E-state index is 0. The zero-order chi connectivity index (χ0) is 6.74. The molecule has 0 aliphatic carbocycles. The van der Waals surface area contributed by atoms with Crippen molar-refractivity contribution in [1.82, 2.24) is 0 Å². The van der Waals surface area contributed by atoms with Crippen LogP contribution in [0, 0.1) is 0 Å². The van der Waals surface area contributed by atoms with Gasteiger partial charge in [-0.2, -0.15) is 0 Å². The molecule has 1 rings (SSSR count).